The first-order valence-electron chi connectivity index (χ1n) is 7.25. The summed E-state index contributed by atoms with van der Waals surface area (Å²) in [6.07, 6.45) is 2.58. The fourth-order valence-corrected chi connectivity index (χ4v) is 3.83. The minimum atomic E-state index is 0.320. The first kappa shape index (κ1) is 15.5. The highest BCUT2D eigenvalue weighted by atomic mass is 32.2. The summed E-state index contributed by atoms with van der Waals surface area (Å²) in [6.45, 7) is 4.54. The second-order valence-electron chi connectivity index (χ2n) is 5.33. The Morgan fingerprint density at radius 2 is 2.00 bits per heavy atom. The van der Waals surface area contributed by atoms with Gasteiger partial charge in [-0.1, -0.05) is 13.0 Å². The third-order valence-corrected chi connectivity index (χ3v) is 5.36. The first-order chi connectivity index (χ1) is 9.65. The molecule has 0 saturated carbocycles. The molecule has 0 aromatic heterocycles. The molecule has 4 heteroatoms. The summed E-state index contributed by atoms with van der Waals surface area (Å²) in [4.78, 5) is 0. The molecule has 1 N–H and O–H groups in total. The highest BCUT2D eigenvalue weighted by Crippen LogP contribution is 2.31. The summed E-state index contributed by atoms with van der Waals surface area (Å²) in [5, 5.41) is 4.44. The molecule has 3 unspecified atom stereocenters. The predicted molar refractivity (Wildman–Crippen MR) is 86.0 cm³/mol. The van der Waals surface area contributed by atoms with E-state index in [1.807, 2.05) is 6.07 Å². The molecular formula is C16H25NO2S. The Kier molecular flexibility index (Phi) is 5.61. The van der Waals surface area contributed by atoms with Crippen LogP contribution >= 0.6 is 11.8 Å². The first-order valence-corrected chi connectivity index (χ1v) is 8.30. The number of benzene rings is 1. The van der Waals surface area contributed by atoms with Gasteiger partial charge >= 0.3 is 0 Å². The Morgan fingerprint density at radius 1 is 1.25 bits per heavy atom. The van der Waals surface area contributed by atoms with Gasteiger partial charge in [0.2, 0.25) is 0 Å². The average Bonchev–Trinajstić information content (AvgIpc) is 2.48. The van der Waals surface area contributed by atoms with Gasteiger partial charge in [-0.25, -0.2) is 0 Å². The molecule has 0 spiro atoms. The molecule has 112 valence electrons. The van der Waals surface area contributed by atoms with Crippen LogP contribution in [0.25, 0.3) is 0 Å². The van der Waals surface area contributed by atoms with Crippen molar-refractivity contribution >= 4 is 11.8 Å². The van der Waals surface area contributed by atoms with Crippen LogP contribution < -0.4 is 14.8 Å². The maximum Gasteiger partial charge on any atom is 0.161 e. The van der Waals surface area contributed by atoms with Gasteiger partial charge in [0.15, 0.2) is 11.5 Å². The Balaban J connectivity index is 2.06. The maximum atomic E-state index is 5.38. The topological polar surface area (TPSA) is 30.5 Å². The summed E-state index contributed by atoms with van der Waals surface area (Å²) in [7, 11) is 3.35. The number of ether oxygens (including phenoxy) is 2. The van der Waals surface area contributed by atoms with Gasteiger partial charge in [-0.2, -0.15) is 11.8 Å². The zero-order valence-corrected chi connectivity index (χ0v) is 13.6. The van der Waals surface area contributed by atoms with Crippen LogP contribution in [0.1, 0.15) is 38.3 Å². The van der Waals surface area contributed by atoms with E-state index in [1.54, 1.807) is 14.2 Å². The molecule has 0 aliphatic carbocycles. The number of hydrogen-bond acceptors (Lipinski definition) is 4. The molecule has 0 radical (unpaired) electrons. The van der Waals surface area contributed by atoms with E-state index in [-0.39, 0.29) is 0 Å². The van der Waals surface area contributed by atoms with Crippen LogP contribution in [0.15, 0.2) is 18.2 Å². The highest BCUT2D eigenvalue weighted by Gasteiger charge is 2.23. The van der Waals surface area contributed by atoms with Gasteiger partial charge in [-0.3, -0.25) is 0 Å². The van der Waals surface area contributed by atoms with Crippen molar-refractivity contribution in [3.05, 3.63) is 23.8 Å². The van der Waals surface area contributed by atoms with E-state index >= 15 is 0 Å². The summed E-state index contributed by atoms with van der Waals surface area (Å²) < 4.78 is 10.7. The second-order valence-corrected chi connectivity index (χ2v) is 6.81. The van der Waals surface area contributed by atoms with Gasteiger partial charge in [0.25, 0.3) is 0 Å². The predicted octanol–water partition coefficient (Wildman–Crippen LogP) is 3.64. The van der Waals surface area contributed by atoms with Crippen molar-refractivity contribution in [2.45, 2.75) is 44.0 Å². The van der Waals surface area contributed by atoms with Gasteiger partial charge < -0.3 is 14.8 Å². The third-order valence-electron chi connectivity index (χ3n) is 3.98. The number of rotatable bonds is 5. The number of hydrogen-bond donors (Lipinski definition) is 1. The van der Waals surface area contributed by atoms with Crippen LogP contribution in [-0.2, 0) is 0 Å². The molecule has 3 atom stereocenters. The molecule has 20 heavy (non-hydrogen) atoms. The van der Waals surface area contributed by atoms with Crippen LogP contribution in [0.5, 0.6) is 11.5 Å². The molecule has 1 saturated heterocycles. The van der Waals surface area contributed by atoms with Gasteiger partial charge in [0.05, 0.1) is 14.2 Å². The molecule has 1 aromatic carbocycles. The zero-order valence-electron chi connectivity index (χ0n) is 12.8. The molecule has 3 nitrogen and oxygen atoms in total. The quantitative estimate of drug-likeness (QED) is 0.898. The largest absolute Gasteiger partial charge is 0.493 e. The van der Waals surface area contributed by atoms with E-state index < -0.39 is 0 Å². The average molecular weight is 295 g/mol. The summed E-state index contributed by atoms with van der Waals surface area (Å²) in [5.74, 6) is 2.87. The molecule has 1 aliphatic rings. The fraction of sp³-hybridized carbons (Fsp3) is 0.625. The van der Waals surface area contributed by atoms with E-state index in [4.69, 9.17) is 9.47 Å². The van der Waals surface area contributed by atoms with Crippen molar-refractivity contribution in [2.75, 3.05) is 20.0 Å². The lowest BCUT2D eigenvalue weighted by molar-refractivity contribution is 0.353. The molecule has 0 bridgehead atoms. The minimum Gasteiger partial charge on any atom is -0.493 e. The monoisotopic (exact) mass is 295 g/mol. The van der Waals surface area contributed by atoms with E-state index in [2.05, 4.69) is 43.1 Å². The fourth-order valence-electron chi connectivity index (χ4n) is 2.68. The molecular weight excluding hydrogens is 270 g/mol. The Labute approximate surface area is 126 Å². The van der Waals surface area contributed by atoms with E-state index in [0.717, 1.165) is 11.5 Å². The highest BCUT2D eigenvalue weighted by molar-refractivity contribution is 7.99. The van der Waals surface area contributed by atoms with Crippen molar-refractivity contribution in [3.8, 4) is 11.5 Å². The van der Waals surface area contributed by atoms with Gasteiger partial charge in [0, 0.05) is 17.3 Å². The lowest BCUT2D eigenvalue weighted by Crippen LogP contribution is -2.40. The third kappa shape index (κ3) is 3.61. The van der Waals surface area contributed by atoms with Crippen molar-refractivity contribution < 1.29 is 9.47 Å². The Bertz CT molecular complexity index is 438. The molecule has 1 aliphatic heterocycles. The molecule has 2 rings (SSSR count). The lowest BCUT2D eigenvalue weighted by Gasteiger charge is -2.32. The van der Waals surface area contributed by atoms with Crippen LogP contribution in [0, 0.1) is 0 Å². The van der Waals surface area contributed by atoms with Gasteiger partial charge in [-0.15, -0.1) is 0 Å². The summed E-state index contributed by atoms with van der Waals surface area (Å²) >= 11 is 2.07. The normalized spacial score (nSPS) is 24.2. The van der Waals surface area contributed by atoms with Gasteiger partial charge in [0.1, 0.15) is 0 Å². The number of nitrogens with one attached hydrogen (secondary N) is 1. The van der Waals surface area contributed by atoms with Crippen LogP contribution in [-0.4, -0.2) is 31.3 Å². The standard InChI is InChI=1S/C16H25NO2S/c1-11(17-14-6-5-9-20-12(14)2)13-7-8-15(18-3)16(10-13)19-4/h7-8,10-12,14,17H,5-6,9H2,1-4H3. The molecule has 1 aromatic rings. The van der Waals surface area contributed by atoms with Crippen LogP contribution in [0.3, 0.4) is 0 Å². The Hall–Kier alpha value is -0.870. The smallest absolute Gasteiger partial charge is 0.161 e. The van der Waals surface area contributed by atoms with Crippen molar-refractivity contribution in [3.63, 3.8) is 0 Å². The van der Waals surface area contributed by atoms with Gasteiger partial charge in [-0.05, 0) is 43.2 Å². The zero-order chi connectivity index (χ0) is 14.5. The van der Waals surface area contributed by atoms with Crippen LogP contribution in [0.4, 0.5) is 0 Å². The lowest BCUT2D eigenvalue weighted by atomic mass is 10.0. The van der Waals surface area contributed by atoms with E-state index in [9.17, 15) is 0 Å². The van der Waals surface area contributed by atoms with E-state index in [1.165, 1.54) is 24.2 Å². The van der Waals surface area contributed by atoms with Crippen molar-refractivity contribution in [2.24, 2.45) is 0 Å². The molecule has 1 heterocycles. The maximum absolute atomic E-state index is 5.38. The summed E-state index contributed by atoms with van der Waals surface area (Å²) in [5.41, 5.74) is 1.24. The number of thioether (sulfide) groups is 1. The van der Waals surface area contributed by atoms with Crippen LogP contribution in [0.2, 0.25) is 0 Å². The van der Waals surface area contributed by atoms with E-state index in [0.29, 0.717) is 17.3 Å². The SMILES string of the molecule is COc1ccc(C(C)NC2CCCSC2C)cc1OC. The number of methoxy groups -OCH3 is 2. The summed E-state index contributed by atoms with van der Waals surface area (Å²) in [6, 6.07) is 7.07. The second kappa shape index (κ2) is 7.23. The van der Waals surface area contributed by atoms with Crippen molar-refractivity contribution in [1.29, 1.82) is 0 Å². The molecule has 1 fully saturated rings. The molecule has 0 amide bonds. The Morgan fingerprint density at radius 3 is 2.65 bits per heavy atom. The minimum absolute atomic E-state index is 0.320. The van der Waals surface area contributed by atoms with Crippen molar-refractivity contribution in [1.82, 2.24) is 5.32 Å².